The molecule has 162 valence electrons. The molecule has 4 atom stereocenters. The number of piperidine rings is 2. The predicted octanol–water partition coefficient (Wildman–Crippen LogP) is 6.37. The van der Waals surface area contributed by atoms with Gasteiger partial charge in [0.25, 0.3) is 0 Å². The Kier molecular flexibility index (Phi) is 6.79. The molecule has 2 saturated heterocycles. The molecule has 1 aromatic rings. The number of amides is 1. The molecule has 4 nitrogen and oxygen atoms in total. The summed E-state index contributed by atoms with van der Waals surface area (Å²) in [6, 6.07) is 10.4. The van der Waals surface area contributed by atoms with Crippen LogP contribution in [0.4, 0.5) is 4.79 Å². The molecule has 2 heterocycles. The Morgan fingerprint density at radius 1 is 1.07 bits per heavy atom. The Hall–Kier alpha value is -1.33. The lowest BCUT2D eigenvalue weighted by Gasteiger charge is -2.54. The molecule has 5 heteroatoms. The standard InChI is InChI=1S/C24H39NO3Si/c1-7-19-13-14-21-22(28-29(5,6)24(2,3)4)16-15-20(19)25(21)23(26)27-17-18-11-9-8-10-12-18/h8-12,19-22H,7,13-17H2,1-6H3/t19-,20-,21-,22-/m1/s1. The quantitative estimate of drug-likeness (QED) is 0.523. The highest BCUT2D eigenvalue weighted by molar-refractivity contribution is 6.74. The molecule has 0 N–H and O–H groups in total. The van der Waals surface area contributed by atoms with Crippen LogP contribution in [-0.2, 0) is 15.8 Å². The number of carbonyl (C=O) groups excluding carboxylic acids is 1. The Balaban J connectivity index is 1.76. The SMILES string of the molecule is CC[C@@H]1CC[C@@H]2[C@H](O[Si](C)(C)C(C)(C)C)CC[C@H]1N2C(=O)OCc1ccccc1. The Morgan fingerprint density at radius 2 is 1.72 bits per heavy atom. The molecule has 0 spiro atoms. The lowest BCUT2D eigenvalue weighted by molar-refractivity contribution is -0.0599. The lowest BCUT2D eigenvalue weighted by Crippen LogP contribution is -2.63. The van der Waals surface area contributed by atoms with Crippen molar-refractivity contribution in [3.8, 4) is 0 Å². The number of carbonyl (C=O) groups is 1. The molecule has 1 amide bonds. The molecule has 2 bridgehead atoms. The van der Waals surface area contributed by atoms with Crippen molar-refractivity contribution >= 4 is 14.4 Å². The van der Waals surface area contributed by atoms with Crippen LogP contribution in [0.2, 0.25) is 18.1 Å². The molecule has 2 aliphatic heterocycles. The molecule has 29 heavy (non-hydrogen) atoms. The first kappa shape index (κ1) is 22.4. The van der Waals surface area contributed by atoms with Crippen molar-refractivity contribution < 1.29 is 14.0 Å². The highest BCUT2D eigenvalue weighted by Gasteiger charge is 2.50. The molecule has 0 aromatic heterocycles. The third-order valence-electron chi connectivity index (χ3n) is 7.46. The Labute approximate surface area is 178 Å². The molecule has 0 radical (unpaired) electrons. The van der Waals surface area contributed by atoms with Gasteiger partial charge in [0, 0.05) is 6.04 Å². The molecule has 0 saturated carbocycles. The van der Waals surface area contributed by atoms with E-state index >= 15 is 0 Å². The van der Waals surface area contributed by atoms with Crippen LogP contribution in [0.25, 0.3) is 0 Å². The number of ether oxygens (including phenoxy) is 1. The van der Waals surface area contributed by atoms with Gasteiger partial charge in [-0.15, -0.1) is 0 Å². The summed E-state index contributed by atoms with van der Waals surface area (Å²) < 4.78 is 12.6. The summed E-state index contributed by atoms with van der Waals surface area (Å²) in [5.74, 6) is 0.573. The molecule has 1 aromatic carbocycles. The van der Waals surface area contributed by atoms with E-state index in [0.717, 1.165) is 31.2 Å². The maximum atomic E-state index is 13.2. The molecule has 0 unspecified atom stereocenters. The average molecular weight is 418 g/mol. The van der Waals surface area contributed by atoms with Gasteiger partial charge in [0.1, 0.15) is 6.61 Å². The number of hydrogen-bond acceptors (Lipinski definition) is 3. The summed E-state index contributed by atoms with van der Waals surface area (Å²) in [4.78, 5) is 15.3. The van der Waals surface area contributed by atoms with E-state index in [9.17, 15) is 4.79 Å². The van der Waals surface area contributed by atoms with Crippen LogP contribution in [-0.4, -0.2) is 37.5 Å². The maximum absolute atomic E-state index is 13.2. The topological polar surface area (TPSA) is 38.8 Å². The van der Waals surface area contributed by atoms with Gasteiger partial charge in [-0.25, -0.2) is 4.79 Å². The molecule has 0 aliphatic carbocycles. The summed E-state index contributed by atoms with van der Waals surface area (Å²) in [7, 11) is -1.89. The normalized spacial score (nSPS) is 27.6. The van der Waals surface area contributed by atoms with Crippen molar-refractivity contribution in [1.29, 1.82) is 0 Å². The van der Waals surface area contributed by atoms with E-state index in [0.29, 0.717) is 18.6 Å². The third-order valence-corrected chi connectivity index (χ3v) is 12.0. The summed E-state index contributed by atoms with van der Waals surface area (Å²) in [6.45, 7) is 14.1. The van der Waals surface area contributed by atoms with Gasteiger partial charge in [-0.05, 0) is 55.3 Å². The van der Waals surface area contributed by atoms with Crippen LogP contribution in [0, 0.1) is 5.92 Å². The van der Waals surface area contributed by atoms with Crippen molar-refractivity contribution in [2.75, 3.05) is 0 Å². The molecule has 2 fully saturated rings. The van der Waals surface area contributed by atoms with Crippen molar-refractivity contribution in [3.05, 3.63) is 35.9 Å². The summed E-state index contributed by atoms with van der Waals surface area (Å²) in [5, 5.41) is 0.170. The van der Waals surface area contributed by atoms with Crippen molar-refractivity contribution in [2.24, 2.45) is 5.92 Å². The smallest absolute Gasteiger partial charge is 0.410 e. The minimum atomic E-state index is -1.89. The second-order valence-electron chi connectivity index (χ2n) is 10.3. The molecular formula is C24H39NO3Si. The van der Waals surface area contributed by atoms with Crippen molar-refractivity contribution in [3.63, 3.8) is 0 Å². The maximum Gasteiger partial charge on any atom is 0.410 e. The first-order chi connectivity index (χ1) is 13.6. The fraction of sp³-hybridized carbons (Fsp3) is 0.708. The highest BCUT2D eigenvalue weighted by Crippen LogP contribution is 2.44. The van der Waals surface area contributed by atoms with Gasteiger partial charge < -0.3 is 9.16 Å². The van der Waals surface area contributed by atoms with E-state index in [4.69, 9.17) is 9.16 Å². The zero-order chi connectivity index (χ0) is 21.2. The van der Waals surface area contributed by atoms with Gasteiger partial charge in [0.05, 0.1) is 12.1 Å². The summed E-state index contributed by atoms with van der Waals surface area (Å²) in [5.41, 5.74) is 1.03. The first-order valence-corrected chi connectivity index (χ1v) is 14.2. The average Bonchev–Trinajstić information content (AvgIpc) is 2.67. The summed E-state index contributed by atoms with van der Waals surface area (Å²) in [6.07, 6.45) is 5.38. The number of hydrogen-bond donors (Lipinski definition) is 0. The second-order valence-corrected chi connectivity index (χ2v) is 15.1. The lowest BCUT2D eigenvalue weighted by atomic mass is 9.75. The van der Waals surface area contributed by atoms with Gasteiger partial charge in [0.15, 0.2) is 8.32 Å². The van der Waals surface area contributed by atoms with Crippen molar-refractivity contribution in [2.45, 2.75) is 103 Å². The van der Waals surface area contributed by atoms with E-state index in [1.807, 2.05) is 30.3 Å². The van der Waals surface area contributed by atoms with Crippen molar-refractivity contribution in [1.82, 2.24) is 4.90 Å². The largest absolute Gasteiger partial charge is 0.445 e. The fourth-order valence-electron chi connectivity index (χ4n) is 4.69. The minimum absolute atomic E-state index is 0.134. The van der Waals surface area contributed by atoms with Crippen LogP contribution in [0.1, 0.15) is 65.4 Å². The van der Waals surface area contributed by atoms with E-state index < -0.39 is 8.32 Å². The van der Waals surface area contributed by atoms with Gasteiger partial charge in [-0.1, -0.05) is 64.4 Å². The zero-order valence-electron chi connectivity index (χ0n) is 19.1. The number of fused-ring (bicyclic) bond motifs is 2. The van der Waals surface area contributed by atoms with Gasteiger partial charge in [-0.2, -0.15) is 0 Å². The van der Waals surface area contributed by atoms with E-state index in [1.165, 1.54) is 6.42 Å². The van der Waals surface area contributed by atoms with Crippen LogP contribution >= 0.6 is 0 Å². The summed E-state index contributed by atoms with van der Waals surface area (Å²) >= 11 is 0. The zero-order valence-corrected chi connectivity index (χ0v) is 20.1. The molecular weight excluding hydrogens is 378 g/mol. The monoisotopic (exact) mass is 417 g/mol. The Bertz CT molecular complexity index is 685. The molecule has 2 aliphatic rings. The number of nitrogens with zero attached hydrogens (tertiary/aromatic N) is 1. The second kappa shape index (κ2) is 8.81. The van der Waals surface area contributed by atoms with E-state index in [1.54, 1.807) is 0 Å². The van der Waals surface area contributed by atoms with Gasteiger partial charge in [-0.3, -0.25) is 4.90 Å². The highest BCUT2D eigenvalue weighted by atomic mass is 28.4. The Morgan fingerprint density at radius 3 is 2.34 bits per heavy atom. The van der Waals surface area contributed by atoms with Crippen LogP contribution < -0.4 is 0 Å². The minimum Gasteiger partial charge on any atom is -0.445 e. The first-order valence-electron chi connectivity index (χ1n) is 11.3. The fourth-order valence-corrected chi connectivity index (χ4v) is 6.08. The van der Waals surface area contributed by atoms with Crippen LogP contribution in [0.15, 0.2) is 30.3 Å². The molecule has 3 rings (SSSR count). The third kappa shape index (κ3) is 4.88. The number of benzene rings is 1. The number of rotatable bonds is 5. The van der Waals surface area contributed by atoms with Gasteiger partial charge >= 0.3 is 6.09 Å². The van der Waals surface area contributed by atoms with Crippen LogP contribution in [0.5, 0.6) is 0 Å². The van der Waals surface area contributed by atoms with E-state index in [-0.39, 0.29) is 23.3 Å². The predicted molar refractivity (Wildman–Crippen MR) is 120 cm³/mol. The van der Waals surface area contributed by atoms with Gasteiger partial charge in [0.2, 0.25) is 0 Å². The van der Waals surface area contributed by atoms with Crippen LogP contribution in [0.3, 0.4) is 0 Å². The van der Waals surface area contributed by atoms with E-state index in [2.05, 4.69) is 45.7 Å².